The fraction of sp³-hybridized carbons (Fsp3) is 1.00. The molecule has 0 unspecified atom stereocenters. The third kappa shape index (κ3) is 13.5. The molecule has 0 fully saturated rings. The molecule has 4 heteroatoms. The second-order valence-corrected chi connectivity index (χ2v) is 8.20. The highest BCUT2D eigenvalue weighted by atomic mass is 16.5. The monoisotopic (exact) mass is 316 g/mol. The Morgan fingerprint density at radius 3 is 1.64 bits per heavy atom. The Bertz CT molecular complexity index is 283. The summed E-state index contributed by atoms with van der Waals surface area (Å²) in [6.07, 6.45) is 3.97. The molecule has 0 aromatic heterocycles. The first-order valence-corrected chi connectivity index (χ1v) is 8.75. The Labute approximate surface area is 138 Å². The molecule has 0 saturated heterocycles. The normalized spacial score (nSPS) is 13.6. The quantitative estimate of drug-likeness (QED) is 0.511. The number of ether oxygens (including phenoxy) is 2. The summed E-state index contributed by atoms with van der Waals surface area (Å²) < 4.78 is 11.8. The predicted octanol–water partition coefficient (Wildman–Crippen LogP) is 3.48. The molecule has 0 radical (unpaired) electrons. The van der Waals surface area contributed by atoms with E-state index in [4.69, 9.17) is 15.2 Å². The van der Waals surface area contributed by atoms with E-state index in [2.05, 4.69) is 39.9 Å². The number of nitrogens with one attached hydrogen (secondary N) is 1. The predicted molar refractivity (Wildman–Crippen MR) is 95.3 cm³/mol. The van der Waals surface area contributed by atoms with Gasteiger partial charge in [0.15, 0.2) is 0 Å². The number of nitrogens with two attached hydrogens (primary N) is 1. The minimum absolute atomic E-state index is 0.0399. The minimum Gasteiger partial charge on any atom is -0.376 e. The van der Waals surface area contributed by atoms with Crippen LogP contribution in [0.3, 0.4) is 0 Å². The zero-order valence-corrected chi connectivity index (χ0v) is 16.1. The molecule has 3 N–H and O–H groups in total. The number of hydrogen-bond acceptors (Lipinski definition) is 4. The zero-order chi connectivity index (χ0) is 17.3. The molecule has 0 rings (SSSR count). The van der Waals surface area contributed by atoms with Gasteiger partial charge in [0.05, 0.1) is 11.2 Å². The lowest BCUT2D eigenvalue weighted by molar-refractivity contribution is -0.0306. The Morgan fingerprint density at radius 2 is 1.23 bits per heavy atom. The third-order valence-corrected chi connectivity index (χ3v) is 3.74. The summed E-state index contributed by atoms with van der Waals surface area (Å²) in [6.45, 7) is 18.3. The van der Waals surface area contributed by atoms with Gasteiger partial charge in [-0.3, -0.25) is 0 Å². The van der Waals surface area contributed by atoms with Gasteiger partial charge in [-0.1, -0.05) is 6.92 Å². The van der Waals surface area contributed by atoms with Gasteiger partial charge in [-0.25, -0.2) is 0 Å². The van der Waals surface area contributed by atoms with Gasteiger partial charge in [-0.2, -0.15) is 0 Å². The van der Waals surface area contributed by atoms with Crippen LogP contribution in [0.4, 0.5) is 0 Å². The molecular weight excluding hydrogens is 276 g/mol. The lowest BCUT2D eigenvalue weighted by atomic mass is 10.0. The van der Waals surface area contributed by atoms with Gasteiger partial charge in [-0.15, -0.1) is 0 Å². The largest absolute Gasteiger partial charge is 0.376 e. The van der Waals surface area contributed by atoms with Crippen LogP contribution in [0, 0.1) is 0 Å². The Hall–Kier alpha value is -0.160. The van der Waals surface area contributed by atoms with Gasteiger partial charge in [-0.05, 0) is 80.3 Å². The first kappa shape index (κ1) is 21.8. The molecule has 0 bridgehead atoms. The maximum atomic E-state index is 5.98. The molecule has 0 saturated carbocycles. The molecule has 0 atom stereocenters. The van der Waals surface area contributed by atoms with Crippen LogP contribution in [0.5, 0.6) is 0 Å². The van der Waals surface area contributed by atoms with Crippen LogP contribution in [0.1, 0.15) is 74.1 Å². The van der Waals surface area contributed by atoms with Gasteiger partial charge in [0.25, 0.3) is 0 Å². The van der Waals surface area contributed by atoms with Gasteiger partial charge in [0.2, 0.25) is 0 Å². The standard InChI is InChI=1S/C18H40N2O2/c1-8-14-21-17(4,5)9-12-20-13-10-18(6,7)22-15-11-16(2,3)19/h20H,8-15,19H2,1-7H3. The Kier molecular flexibility index (Phi) is 9.79. The summed E-state index contributed by atoms with van der Waals surface area (Å²) in [5.74, 6) is 0. The maximum absolute atomic E-state index is 5.98. The fourth-order valence-electron chi connectivity index (χ4n) is 2.02. The van der Waals surface area contributed by atoms with Crippen LogP contribution in [-0.2, 0) is 9.47 Å². The molecule has 0 aromatic rings. The topological polar surface area (TPSA) is 56.5 Å². The van der Waals surface area contributed by atoms with Crippen molar-refractivity contribution in [3.05, 3.63) is 0 Å². The van der Waals surface area contributed by atoms with Crippen molar-refractivity contribution < 1.29 is 9.47 Å². The molecule has 0 spiro atoms. The van der Waals surface area contributed by atoms with Crippen LogP contribution in [0.15, 0.2) is 0 Å². The van der Waals surface area contributed by atoms with Gasteiger partial charge >= 0.3 is 0 Å². The van der Waals surface area contributed by atoms with Crippen molar-refractivity contribution in [2.24, 2.45) is 5.73 Å². The Morgan fingerprint density at radius 1 is 0.773 bits per heavy atom. The van der Waals surface area contributed by atoms with E-state index in [-0.39, 0.29) is 16.7 Å². The van der Waals surface area contributed by atoms with Crippen LogP contribution in [0.25, 0.3) is 0 Å². The molecule has 0 aromatic carbocycles. The zero-order valence-electron chi connectivity index (χ0n) is 16.1. The summed E-state index contributed by atoms with van der Waals surface area (Å²) in [4.78, 5) is 0. The summed E-state index contributed by atoms with van der Waals surface area (Å²) in [6, 6.07) is 0. The highest BCUT2D eigenvalue weighted by Gasteiger charge is 2.20. The van der Waals surface area contributed by atoms with Crippen molar-refractivity contribution in [2.75, 3.05) is 26.3 Å². The molecule has 22 heavy (non-hydrogen) atoms. The van der Waals surface area contributed by atoms with Crippen molar-refractivity contribution in [1.82, 2.24) is 5.32 Å². The number of rotatable bonds is 13. The highest BCUT2D eigenvalue weighted by Crippen LogP contribution is 2.16. The molecular formula is C18H40N2O2. The Balaban J connectivity index is 3.76. The summed E-state index contributed by atoms with van der Waals surface area (Å²) >= 11 is 0. The van der Waals surface area contributed by atoms with E-state index in [0.717, 1.165) is 45.4 Å². The van der Waals surface area contributed by atoms with Gasteiger partial charge < -0.3 is 20.5 Å². The number of hydrogen-bond donors (Lipinski definition) is 2. The van der Waals surface area contributed by atoms with E-state index in [0.29, 0.717) is 6.61 Å². The van der Waals surface area contributed by atoms with E-state index in [9.17, 15) is 0 Å². The van der Waals surface area contributed by atoms with Crippen molar-refractivity contribution >= 4 is 0 Å². The molecule has 0 aliphatic rings. The SMILES string of the molecule is CCCOC(C)(C)CCNCCC(C)(C)OCCC(C)(C)N. The first-order valence-electron chi connectivity index (χ1n) is 8.75. The fourth-order valence-corrected chi connectivity index (χ4v) is 2.02. The molecule has 134 valence electrons. The van der Waals surface area contributed by atoms with E-state index in [1.807, 2.05) is 13.8 Å². The van der Waals surface area contributed by atoms with Crippen molar-refractivity contribution in [2.45, 2.75) is 90.9 Å². The van der Waals surface area contributed by atoms with E-state index in [1.165, 1.54) is 0 Å². The third-order valence-electron chi connectivity index (χ3n) is 3.74. The van der Waals surface area contributed by atoms with Crippen molar-refractivity contribution in [1.29, 1.82) is 0 Å². The lowest BCUT2D eigenvalue weighted by Crippen LogP contribution is -2.37. The maximum Gasteiger partial charge on any atom is 0.0638 e. The highest BCUT2D eigenvalue weighted by molar-refractivity contribution is 4.75. The minimum atomic E-state index is -0.154. The van der Waals surface area contributed by atoms with Crippen molar-refractivity contribution in [3.8, 4) is 0 Å². The summed E-state index contributed by atoms with van der Waals surface area (Å²) in [5, 5.41) is 3.50. The van der Waals surface area contributed by atoms with Crippen LogP contribution in [0.2, 0.25) is 0 Å². The van der Waals surface area contributed by atoms with Crippen LogP contribution < -0.4 is 11.1 Å². The smallest absolute Gasteiger partial charge is 0.0638 e. The van der Waals surface area contributed by atoms with E-state index >= 15 is 0 Å². The van der Waals surface area contributed by atoms with Crippen LogP contribution >= 0.6 is 0 Å². The van der Waals surface area contributed by atoms with Crippen molar-refractivity contribution in [3.63, 3.8) is 0 Å². The molecule has 0 aliphatic heterocycles. The summed E-state index contributed by atoms with van der Waals surface area (Å²) in [7, 11) is 0. The van der Waals surface area contributed by atoms with E-state index in [1.54, 1.807) is 0 Å². The van der Waals surface area contributed by atoms with Gasteiger partial charge in [0.1, 0.15) is 0 Å². The average Bonchev–Trinajstić information content (AvgIpc) is 2.34. The van der Waals surface area contributed by atoms with E-state index < -0.39 is 0 Å². The molecule has 0 aliphatic carbocycles. The second-order valence-electron chi connectivity index (χ2n) is 8.20. The molecule has 0 heterocycles. The molecule has 0 amide bonds. The first-order chi connectivity index (χ1) is 9.97. The summed E-state index contributed by atoms with van der Waals surface area (Å²) in [5.41, 5.74) is 5.68. The second kappa shape index (κ2) is 9.86. The average molecular weight is 317 g/mol. The molecule has 4 nitrogen and oxygen atoms in total. The van der Waals surface area contributed by atoms with Crippen LogP contribution in [-0.4, -0.2) is 43.0 Å². The lowest BCUT2D eigenvalue weighted by Gasteiger charge is -2.28. The van der Waals surface area contributed by atoms with Gasteiger partial charge in [0, 0.05) is 18.8 Å².